The number of aromatic nitrogens is 1. The molecule has 130 valence electrons. The molecule has 2 amide bonds. The van der Waals surface area contributed by atoms with E-state index >= 15 is 0 Å². The summed E-state index contributed by atoms with van der Waals surface area (Å²) >= 11 is 0. The molecule has 0 saturated heterocycles. The van der Waals surface area contributed by atoms with Crippen molar-refractivity contribution in [2.24, 2.45) is 0 Å². The lowest BCUT2D eigenvalue weighted by atomic mass is 10.1. The third kappa shape index (κ3) is 3.50. The number of carbonyl (C=O) groups is 2. The minimum Gasteiger partial charge on any atom is -0.485 e. The lowest BCUT2D eigenvalue weighted by molar-refractivity contribution is -0.0232. The highest BCUT2D eigenvalue weighted by Crippen LogP contribution is 2.25. The van der Waals surface area contributed by atoms with E-state index in [1.54, 1.807) is 37.3 Å². The van der Waals surface area contributed by atoms with Crippen molar-refractivity contribution in [3.05, 3.63) is 58.9 Å². The Kier molecular flexibility index (Phi) is 4.24. The number of aryl methyl sites for hydroxylation is 1. The van der Waals surface area contributed by atoms with Crippen LogP contribution in [0.15, 0.2) is 36.5 Å². The van der Waals surface area contributed by atoms with Gasteiger partial charge in [-0.1, -0.05) is 12.1 Å². The van der Waals surface area contributed by atoms with E-state index in [1.807, 2.05) is 0 Å². The summed E-state index contributed by atoms with van der Waals surface area (Å²) in [5.41, 5.74) is 1.82. The Bertz CT molecular complexity index is 811. The molecule has 2 aromatic rings. The maximum Gasteiger partial charge on any atom is 0.278 e. The van der Waals surface area contributed by atoms with Gasteiger partial charge in [0.25, 0.3) is 17.7 Å². The lowest BCUT2D eigenvalue weighted by Crippen LogP contribution is -2.29. The van der Waals surface area contributed by atoms with Gasteiger partial charge in [-0.05, 0) is 30.7 Å². The molecule has 1 aromatic heterocycles. The summed E-state index contributed by atoms with van der Waals surface area (Å²) in [6.45, 7) is 1.73. The van der Waals surface area contributed by atoms with E-state index < -0.39 is 12.5 Å². The quantitative estimate of drug-likeness (QED) is 0.780. The average molecular weight is 346 g/mol. The normalized spacial score (nSPS) is 14.0. The number of imide groups is 1. The summed E-state index contributed by atoms with van der Waals surface area (Å²) in [5.74, 6) is -3.43. The van der Waals surface area contributed by atoms with Crippen LogP contribution in [0.4, 0.5) is 8.78 Å². The van der Waals surface area contributed by atoms with E-state index in [1.165, 1.54) is 6.20 Å². The van der Waals surface area contributed by atoms with Crippen LogP contribution < -0.4 is 4.74 Å². The van der Waals surface area contributed by atoms with Crippen molar-refractivity contribution in [3.8, 4) is 5.75 Å². The van der Waals surface area contributed by atoms with Crippen molar-refractivity contribution in [1.82, 2.24) is 9.88 Å². The fourth-order valence-corrected chi connectivity index (χ4v) is 2.59. The van der Waals surface area contributed by atoms with Gasteiger partial charge in [-0.15, -0.1) is 0 Å². The molecule has 0 saturated carbocycles. The molecule has 2 heterocycles. The summed E-state index contributed by atoms with van der Waals surface area (Å²) in [6, 6.07) is 8.23. The first-order valence-electron chi connectivity index (χ1n) is 7.67. The van der Waals surface area contributed by atoms with Gasteiger partial charge in [0, 0.05) is 6.92 Å². The number of hydrogen-bond donors (Lipinski definition) is 0. The first kappa shape index (κ1) is 17.0. The first-order valence-corrected chi connectivity index (χ1v) is 7.67. The van der Waals surface area contributed by atoms with Crippen LogP contribution in [0.1, 0.15) is 38.9 Å². The fourth-order valence-electron chi connectivity index (χ4n) is 2.59. The third-order valence-corrected chi connectivity index (χ3v) is 3.80. The zero-order chi connectivity index (χ0) is 18.2. The number of benzene rings is 1. The highest BCUT2D eigenvalue weighted by atomic mass is 19.3. The van der Waals surface area contributed by atoms with Crippen LogP contribution in [-0.2, 0) is 6.54 Å². The van der Waals surface area contributed by atoms with E-state index in [-0.39, 0.29) is 24.1 Å². The molecule has 1 aromatic carbocycles. The molecule has 0 aliphatic carbocycles. The number of rotatable bonds is 5. The van der Waals surface area contributed by atoms with Crippen molar-refractivity contribution >= 4 is 11.8 Å². The molecule has 7 heteroatoms. The average Bonchev–Trinajstić information content (AvgIpc) is 2.79. The van der Waals surface area contributed by atoms with Gasteiger partial charge in [-0.3, -0.25) is 19.5 Å². The molecule has 25 heavy (non-hydrogen) atoms. The molecule has 0 atom stereocenters. The Morgan fingerprint density at radius 1 is 1.16 bits per heavy atom. The molecule has 0 bridgehead atoms. The van der Waals surface area contributed by atoms with Gasteiger partial charge < -0.3 is 4.74 Å². The van der Waals surface area contributed by atoms with Gasteiger partial charge >= 0.3 is 0 Å². The molecule has 5 nitrogen and oxygen atoms in total. The number of carbonyl (C=O) groups excluding carboxylic acids is 2. The molecular formula is C18H16F2N2O3. The number of ether oxygens (including phenoxy) is 1. The van der Waals surface area contributed by atoms with Crippen molar-refractivity contribution in [3.63, 3.8) is 0 Å². The monoisotopic (exact) mass is 346 g/mol. The van der Waals surface area contributed by atoms with Gasteiger partial charge in [0.1, 0.15) is 5.75 Å². The maximum absolute atomic E-state index is 12.9. The molecule has 1 aliphatic heterocycles. The van der Waals surface area contributed by atoms with Gasteiger partial charge in [0.05, 0.1) is 29.6 Å². The van der Waals surface area contributed by atoms with Crippen molar-refractivity contribution in [1.29, 1.82) is 0 Å². The third-order valence-electron chi connectivity index (χ3n) is 3.80. The van der Waals surface area contributed by atoms with Gasteiger partial charge in [-0.2, -0.15) is 0 Å². The van der Waals surface area contributed by atoms with Crippen LogP contribution in [0.3, 0.4) is 0 Å². The van der Waals surface area contributed by atoms with Crippen LogP contribution in [-0.4, -0.2) is 34.2 Å². The molecule has 0 N–H and O–H groups in total. The second kappa shape index (κ2) is 6.23. The van der Waals surface area contributed by atoms with Gasteiger partial charge in [-0.25, -0.2) is 8.78 Å². The largest absolute Gasteiger partial charge is 0.485 e. The maximum atomic E-state index is 12.9. The Morgan fingerprint density at radius 3 is 2.28 bits per heavy atom. The van der Waals surface area contributed by atoms with Crippen LogP contribution in [0, 0.1) is 6.92 Å². The molecule has 3 rings (SSSR count). The topological polar surface area (TPSA) is 59.5 Å². The van der Waals surface area contributed by atoms with Crippen LogP contribution >= 0.6 is 0 Å². The van der Waals surface area contributed by atoms with Gasteiger partial charge in [0.2, 0.25) is 0 Å². The number of hydrogen-bond acceptors (Lipinski definition) is 4. The predicted molar refractivity (Wildman–Crippen MR) is 85.7 cm³/mol. The molecule has 0 fully saturated rings. The number of alkyl halides is 2. The minimum absolute atomic E-state index is 0.0113. The van der Waals surface area contributed by atoms with E-state index in [0.717, 1.165) is 11.8 Å². The molecule has 1 aliphatic rings. The Balaban J connectivity index is 1.75. The van der Waals surface area contributed by atoms with Crippen molar-refractivity contribution in [2.45, 2.75) is 26.3 Å². The Hall–Kier alpha value is -2.83. The zero-order valence-corrected chi connectivity index (χ0v) is 13.8. The highest BCUT2D eigenvalue weighted by molar-refractivity contribution is 6.21. The second-order valence-corrected chi connectivity index (χ2v) is 6.04. The lowest BCUT2D eigenvalue weighted by Gasteiger charge is -2.16. The number of halogens is 2. The number of nitrogens with zero attached hydrogens (tertiary/aromatic N) is 2. The summed E-state index contributed by atoms with van der Waals surface area (Å²) in [7, 11) is 0. The Morgan fingerprint density at radius 2 is 1.76 bits per heavy atom. The molecule has 0 spiro atoms. The van der Waals surface area contributed by atoms with Gasteiger partial charge in [0.15, 0.2) is 6.61 Å². The molecular weight excluding hydrogens is 330 g/mol. The zero-order valence-electron chi connectivity index (χ0n) is 13.8. The van der Waals surface area contributed by atoms with E-state index in [0.29, 0.717) is 22.4 Å². The molecule has 0 radical (unpaired) electrons. The second-order valence-electron chi connectivity index (χ2n) is 6.04. The van der Waals surface area contributed by atoms with E-state index in [4.69, 9.17) is 4.74 Å². The SMILES string of the molecule is Cc1cc(CN2C(=O)c3ccccc3C2=O)ncc1OCC(C)(F)F. The van der Waals surface area contributed by atoms with Crippen LogP contribution in [0.2, 0.25) is 0 Å². The fraction of sp³-hybridized carbons (Fsp3) is 0.278. The summed E-state index contributed by atoms with van der Waals surface area (Å²) in [6.07, 6.45) is 1.33. The first-order chi connectivity index (χ1) is 11.8. The summed E-state index contributed by atoms with van der Waals surface area (Å²) in [4.78, 5) is 29.9. The number of fused-ring (bicyclic) bond motifs is 1. The Labute approximate surface area is 143 Å². The smallest absolute Gasteiger partial charge is 0.278 e. The van der Waals surface area contributed by atoms with Crippen LogP contribution in [0.5, 0.6) is 5.75 Å². The molecule has 0 unspecified atom stereocenters. The van der Waals surface area contributed by atoms with Crippen molar-refractivity contribution in [2.75, 3.05) is 6.61 Å². The summed E-state index contributed by atoms with van der Waals surface area (Å²) in [5, 5.41) is 0. The van der Waals surface area contributed by atoms with Crippen molar-refractivity contribution < 1.29 is 23.1 Å². The minimum atomic E-state index is -2.94. The number of pyridine rings is 1. The summed E-state index contributed by atoms with van der Waals surface area (Å²) < 4.78 is 30.8. The van der Waals surface area contributed by atoms with E-state index in [9.17, 15) is 18.4 Å². The van der Waals surface area contributed by atoms with Crippen LogP contribution in [0.25, 0.3) is 0 Å². The standard InChI is InChI=1S/C18H16F2N2O3/c1-11-7-12(21-8-15(11)25-10-18(2,19)20)9-22-16(23)13-5-3-4-6-14(13)17(22)24/h3-8H,9-10H2,1-2H3. The predicted octanol–water partition coefficient (Wildman–Crippen LogP) is 3.22. The highest BCUT2D eigenvalue weighted by Gasteiger charge is 2.35. The number of amides is 2. The van der Waals surface area contributed by atoms with E-state index in [2.05, 4.69) is 4.98 Å².